The Morgan fingerprint density at radius 3 is 2.38 bits per heavy atom. The Bertz CT molecular complexity index is 745. The van der Waals surface area contributed by atoms with E-state index in [2.05, 4.69) is 11.9 Å². The zero-order valence-corrected chi connectivity index (χ0v) is 17.8. The fraction of sp³-hybridized carbons (Fsp3) is 0.652. The fourth-order valence-corrected chi connectivity index (χ4v) is 5.53. The summed E-state index contributed by atoms with van der Waals surface area (Å²) in [7, 11) is 2.09. The third kappa shape index (κ3) is 3.80. The molecule has 6 heteroatoms. The molecule has 4 atom stereocenters. The van der Waals surface area contributed by atoms with Crippen LogP contribution >= 0.6 is 0 Å². The van der Waals surface area contributed by atoms with E-state index in [9.17, 15) is 9.59 Å². The number of carbonyl (C=O) groups is 2. The van der Waals surface area contributed by atoms with Crippen molar-refractivity contribution < 1.29 is 14.3 Å². The average molecular weight is 400 g/mol. The highest BCUT2D eigenvalue weighted by atomic mass is 16.5. The Morgan fingerprint density at radius 2 is 1.69 bits per heavy atom. The zero-order chi connectivity index (χ0) is 20.6. The highest BCUT2D eigenvalue weighted by Crippen LogP contribution is 2.44. The number of amides is 2. The molecule has 3 saturated heterocycles. The first-order chi connectivity index (χ1) is 13.9. The van der Waals surface area contributed by atoms with Crippen LogP contribution in [0.5, 0.6) is 0 Å². The van der Waals surface area contributed by atoms with Crippen molar-refractivity contribution >= 4 is 11.8 Å². The number of likely N-dealkylation sites (N-methyl/N-ethyl adjacent to an activating group) is 1. The monoisotopic (exact) mass is 399 g/mol. The van der Waals surface area contributed by atoms with E-state index in [1.807, 2.05) is 54.0 Å². The molecule has 0 saturated carbocycles. The van der Waals surface area contributed by atoms with Gasteiger partial charge in [0, 0.05) is 31.7 Å². The van der Waals surface area contributed by atoms with Crippen LogP contribution in [0.3, 0.4) is 0 Å². The number of piperidine rings is 2. The molecule has 1 aromatic rings. The minimum absolute atomic E-state index is 0.0477. The maximum atomic E-state index is 13.9. The molecular formula is C23H33N3O3. The van der Waals surface area contributed by atoms with E-state index in [-0.39, 0.29) is 30.1 Å². The number of nitrogens with zero attached hydrogens (tertiary/aromatic N) is 3. The molecule has 6 nitrogen and oxygen atoms in total. The summed E-state index contributed by atoms with van der Waals surface area (Å²) in [5.74, 6) is 0.273. The summed E-state index contributed by atoms with van der Waals surface area (Å²) in [5.41, 5.74) is 0.226. The second-order valence-corrected chi connectivity index (χ2v) is 9.12. The highest BCUT2D eigenvalue weighted by molar-refractivity contribution is 5.95. The standard InChI is InChI=1S/C23H33N3O3/c1-17-14-25(15-18(2)29-17)22(28)23-10-7-12-26(20(23)16-24(3)13-11-23)21(27)19-8-5-4-6-9-19/h4-6,8-9,17-18,20H,7,10-16H2,1-3H3/t17-,18+,20-,23+/m0/s1. The second kappa shape index (κ2) is 8.07. The van der Waals surface area contributed by atoms with Gasteiger partial charge in [-0.3, -0.25) is 9.59 Å². The molecule has 3 heterocycles. The van der Waals surface area contributed by atoms with Crippen molar-refractivity contribution in [3.63, 3.8) is 0 Å². The van der Waals surface area contributed by atoms with E-state index in [0.717, 1.165) is 38.9 Å². The molecule has 0 bridgehead atoms. The van der Waals surface area contributed by atoms with Gasteiger partial charge in [0.15, 0.2) is 0 Å². The van der Waals surface area contributed by atoms with Crippen LogP contribution in [0.25, 0.3) is 0 Å². The van der Waals surface area contributed by atoms with E-state index >= 15 is 0 Å². The summed E-state index contributed by atoms with van der Waals surface area (Å²) in [4.78, 5) is 33.5. The topological polar surface area (TPSA) is 53.1 Å². The van der Waals surface area contributed by atoms with Crippen molar-refractivity contribution in [3.05, 3.63) is 35.9 Å². The van der Waals surface area contributed by atoms with Gasteiger partial charge >= 0.3 is 0 Å². The van der Waals surface area contributed by atoms with Gasteiger partial charge in [0.05, 0.1) is 23.7 Å². The molecule has 3 aliphatic heterocycles. The first-order valence-corrected chi connectivity index (χ1v) is 10.9. The van der Waals surface area contributed by atoms with Crippen molar-refractivity contribution in [3.8, 4) is 0 Å². The Hall–Kier alpha value is -1.92. The SMILES string of the molecule is C[C@@H]1CN(C(=O)[C@@]23CCCN(C(=O)c4ccccc4)[C@H]2CN(C)CC3)C[C@H](C)O1. The first kappa shape index (κ1) is 20.4. The lowest BCUT2D eigenvalue weighted by Crippen LogP contribution is -2.67. The number of hydrogen-bond acceptors (Lipinski definition) is 4. The first-order valence-electron chi connectivity index (χ1n) is 10.9. The molecule has 3 aliphatic rings. The molecule has 0 N–H and O–H groups in total. The van der Waals surface area contributed by atoms with Crippen molar-refractivity contribution in [2.75, 3.05) is 39.8 Å². The van der Waals surface area contributed by atoms with Crippen molar-refractivity contribution in [1.29, 1.82) is 0 Å². The van der Waals surface area contributed by atoms with E-state index in [1.165, 1.54) is 0 Å². The Balaban J connectivity index is 1.65. The third-order valence-electron chi connectivity index (χ3n) is 6.87. The Labute approximate surface area is 173 Å². The van der Waals surface area contributed by atoms with Gasteiger partial charge in [-0.25, -0.2) is 0 Å². The van der Waals surface area contributed by atoms with Crippen LogP contribution in [0.15, 0.2) is 30.3 Å². The smallest absolute Gasteiger partial charge is 0.254 e. The van der Waals surface area contributed by atoms with Crippen molar-refractivity contribution in [2.45, 2.75) is 51.4 Å². The number of fused-ring (bicyclic) bond motifs is 1. The van der Waals surface area contributed by atoms with Crippen LogP contribution in [0.1, 0.15) is 43.5 Å². The lowest BCUT2D eigenvalue weighted by atomic mass is 9.67. The highest BCUT2D eigenvalue weighted by Gasteiger charge is 2.55. The summed E-state index contributed by atoms with van der Waals surface area (Å²) in [6.45, 7) is 7.71. The van der Waals surface area contributed by atoms with E-state index in [0.29, 0.717) is 18.7 Å². The Morgan fingerprint density at radius 1 is 1.00 bits per heavy atom. The van der Waals surface area contributed by atoms with Gasteiger partial charge in [0.1, 0.15) is 0 Å². The summed E-state index contributed by atoms with van der Waals surface area (Å²) in [6.07, 6.45) is 2.65. The lowest BCUT2D eigenvalue weighted by molar-refractivity contribution is -0.164. The largest absolute Gasteiger partial charge is 0.372 e. The summed E-state index contributed by atoms with van der Waals surface area (Å²) < 4.78 is 5.86. The van der Waals surface area contributed by atoms with Gasteiger partial charge in [-0.05, 0) is 58.8 Å². The number of morpholine rings is 1. The summed E-state index contributed by atoms with van der Waals surface area (Å²) in [6, 6.07) is 9.40. The predicted octanol–water partition coefficient (Wildman–Crippen LogP) is 2.25. The maximum Gasteiger partial charge on any atom is 0.254 e. The number of rotatable bonds is 2. The second-order valence-electron chi connectivity index (χ2n) is 9.12. The molecule has 1 aromatic carbocycles. The summed E-state index contributed by atoms with van der Waals surface area (Å²) in [5, 5.41) is 0. The lowest BCUT2D eigenvalue weighted by Gasteiger charge is -2.55. The van der Waals surface area contributed by atoms with Crippen LogP contribution < -0.4 is 0 Å². The van der Waals surface area contributed by atoms with Gasteiger partial charge in [0.2, 0.25) is 5.91 Å². The average Bonchev–Trinajstić information content (AvgIpc) is 2.72. The third-order valence-corrected chi connectivity index (χ3v) is 6.87. The number of carbonyl (C=O) groups excluding carboxylic acids is 2. The molecule has 3 fully saturated rings. The van der Waals surface area contributed by atoms with Crippen molar-refractivity contribution in [2.24, 2.45) is 5.41 Å². The van der Waals surface area contributed by atoms with E-state index in [1.54, 1.807) is 0 Å². The minimum atomic E-state index is -0.480. The van der Waals surface area contributed by atoms with Crippen LogP contribution in [0.4, 0.5) is 0 Å². The number of benzene rings is 1. The molecule has 0 unspecified atom stereocenters. The fourth-order valence-electron chi connectivity index (χ4n) is 5.53. The van der Waals surface area contributed by atoms with Crippen LogP contribution in [0.2, 0.25) is 0 Å². The molecule has 158 valence electrons. The summed E-state index contributed by atoms with van der Waals surface area (Å²) >= 11 is 0. The maximum absolute atomic E-state index is 13.9. The molecular weight excluding hydrogens is 366 g/mol. The number of hydrogen-bond donors (Lipinski definition) is 0. The van der Waals surface area contributed by atoms with Gasteiger partial charge in [-0.1, -0.05) is 18.2 Å². The van der Waals surface area contributed by atoms with E-state index in [4.69, 9.17) is 4.74 Å². The molecule has 29 heavy (non-hydrogen) atoms. The van der Waals surface area contributed by atoms with Crippen LogP contribution in [-0.4, -0.2) is 84.5 Å². The molecule has 4 rings (SSSR count). The normalized spacial score (nSPS) is 33.3. The van der Waals surface area contributed by atoms with Gasteiger partial charge in [0.25, 0.3) is 5.91 Å². The molecule has 0 aromatic heterocycles. The molecule has 0 radical (unpaired) electrons. The van der Waals surface area contributed by atoms with Gasteiger partial charge in [-0.2, -0.15) is 0 Å². The van der Waals surface area contributed by atoms with Crippen molar-refractivity contribution in [1.82, 2.24) is 14.7 Å². The molecule has 0 aliphatic carbocycles. The van der Waals surface area contributed by atoms with Gasteiger partial charge in [-0.15, -0.1) is 0 Å². The van der Waals surface area contributed by atoms with Crippen LogP contribution in [-0.2, 0) is 9.53 Å². The van der Waals surface area contributed by atoms with E-state index < -0.39 is 5.41 Å². The Kier molecular flexibility index (Phi) is 5.67. The van der Waals surface area contributed by atoms with Gasteiger partial charge < -0.3 is 19.4 Å². The number of ether oxygens (including phenoxy) is 1. The quantitative estimate of drug-likeness (QED) is 0.766. The number of likely N-dealkylation sites (tertiary alicyclic amines) is 2. The molecule has 2 amide bonds. The molecule has 0 spiro atoms. The van der Waals surface area contributed by atoms with Crippen LogP contribution in [0, 0.1) is 5.41 Å². The predicted molar refractivity (Wildman–Crippen MR) is 112 cm³/mol. The minimum Gasteiger partial charge on any atom is -0.372 e. The zero-order valence-electron chi connectivity index (χ0n) is 17.8.